The predicted octanol–water partition coefficient (Wildman–Crippen LogP) is 0.343. The first-order valence-corrected chi connectivity index (χ1v) is 6.56. The van der Waals surface area contributed by atoms with Crippen LogP contribution < -0.4 is 11.1 Å². The number of carbonyl (C=O) groups is 1. The third-order valence-electron chi connectivity index (χ3n) is 3.36. The molecule has 19 heavy (non-hydrogen) atoms. The molecule has 1 aliphatic rings. The number of carbonyl (C=O) groups excluding carboxylic acids is 1. The third-order valence-corrected chi connectivity index (χ3v) is 3.36. The van der Waals surface area contributed by atoms with Gasteiger partial charge in [-0.05, 0) is 18.4 Å². The van der Waals surface area contributed by atoms with E-state index in [9.17, 15) is 9.90 Å². The van der Waals surface area contributed by atoms with Crippen LogP contribution in [0.4, 0.5) is 0 Å². The second kappa shape index (κ2) is 6.65. The summed E-state index contributed by atoms with van der Waals surface area (Å²) in [5, 5.41) is 12.2. The molecule has 1 fully saturated rings. The molecular weight excluding hydrogens is 244 g/mol. The average Bonchev–Trinajstić information content (AvgIpc) is 2.94. The number of aliphatic hydroxyl groups is 1. The second-order valence-corrected chi connectivity index (χ2v) is 4.71. The van der Waals surface area contributed by atoms with Gasteiger partial charge in [-0.25, -0.2) is 0 Å². The first-order chi connectivity index (χ1) is 9.24. The Morgan fingerprint density at radius 1 is 1.42 bits per heavy atom. The summed E-state index contributed by atoms with van der Waals surface area (Å²) in [5.41, 5.74) is 6.40. The van der Waals surface area contributed by atoms with Crippen molar-refractivity contribution in [1.82, 2.24) is 5.32 Å². The number of ether oxygens (including phenoxy) is 1. The highest BCUT2D eigenvalue weighted by Gasteiger charge is 2.30. The predicted molar refractivity (Wildman–Crippen MR) is 71.4 cm³/mol. The van der Waals surface area contributed by atoms with Gasteiger partial charge in [0.05, 0.1) is 18.8 Å². The van der Waals surface area contributed by atoms with Gasteiger partial charge in [-0.2, -0.15) is 0 Å². The van der Waals surface area contributed by atoms with E-state index in [1.54, 1.807) is 0 Å². The van der Waals surface area contributed by atoms with E-state index in [0.717, 1.165) is 12.0 Å². The van der Waals surface area contributed by atoms with E-state index in [4.69, 9.17) is 10.5 Å². The van der Waals surface area contributed by atoms with E-state index < -0.39 is 12.1 Å². The van der Waals surface area contributed by atoms with E-state index in [1.807, 2.05) is 30.3 Å². The number of amides is 1. The van der Waals surface area contributed by atoms with Crippen molar-refractivity contribution < 1.29 is 14.6 Å². The van der Waals surface area contributed by atoms with E-state index in [2.05, 4.69) is 5.32 Å². The molecule has 3 atom stereocenters. The van der Waals surface area contributed by atoms with Gasteiger partial charge < -0.3 is 20.9 Å². The van der Waals surface area contributed by atoms with Crippen LogP contribution in [-0.4, -0.2) is 36.4 Å². The molecule has 2 rings (SSSR count). The number of hydrogen-bond acceptors (Lipinski definition) is 4. The minimum Gasteiger partial charge on any atom is -0.394 e. The molecule has 104 valence electrons. The molecule has 0 aromatic heterocycles. The summed E-state index contributed by atoms with van der Waals surface area (Å²) in [4.78, 5) is 12.1. The van der Waals surface area contributed by atoms with Gasteiger partial charge in [0.1, 0.15) is 6.10 Å². The van der Waals surface area contributed by atoms with Crippen LogP contribution in [0.3, 0.4) is 0 Å². The minimum atomic E-state index is -0.452. The lowest BCUT2D eigenvalue weighted by molar-refractivity contribution is -0.133. The first kappa shape index (κ1) is 14.0. The summed E-state index contributed by atoms with van der Waals surface area (Å²) in [5.74, 6) is -0.182. The highest BCUT2D eigenvalue weighted by Crippen LogP contribution is 2.20. The Bertz CT molecular complexity index is 410. The van der Waals surface area contributed by atoms with Crippen LogP contribution in [0.1, 0.15) is 24.4 Å². The van der Waals surface area contributed by atoms with Crippen molar-refractivity contribution in [3.05, 3.63) is 35.9 Å². The number of nitrogens with one attached hydrogen (secondary N) is 1. The van der Waals surface area contributed by atoms with Gasteiger partial charge in [0.25, 0.3) is 0 Å². The fourth-order valence-corrected chi connectivity index (χ4v) is 2.26. The zero-order chi connectivity index (χ0) is 13.7. The lowest BCUT2D eigenvalue weighted by Gasteiger charge is -2.19. The van der Waals surface area contributed by atoms with Crippen LogP contribution in [0.25, 0.3) is 0 Å². The molecule has 0 saturated carbocycles. The van der Waals surface area contributed by atoms with E-state index in [1.165, 1.54) is 0 Å². The molecule has 1 heterocycles. The molecule has 2 unspecified atom stereocenters. The maximum atomic E-state index is 12.1. The first-order valence-electron chi connectivity index (χ1n) is 6.56. The summed E-state index contributed by atoms with van der Waals surface area (Å²) in [7, 11) is 0. The van der Waals surface area contributed by atoms with Crippen LogP contribution in [0, 0.1) is 0 Å². The molecule has 0 aliphatic carbocycles. The van der Waals surface area contributed by atoms with Gasteiger partial charge >= 0.3 is 0 Å². The fraction of sp³-hybridized carbons (Fsp3) is 0.500. The summed E-state index contributed by atoms with van der Waals surface area (Å²) < 4.78 is 5.53. The molecule has 1 aromatic carbocycles. The summed E-state index contributed by atoms with van der Waals surface area (Å²) in [6.07, 6.45) is 1.01. The van der Waals surface area contributed by atoms with E-state index >= 15 is 0 Å². The SMILES string of the molecule is NCC1CCC(C(=O)N[C@H](CO)c2ccccc2)O1. The summed E-state index contributed by atoms with van der Waals surface area (Å²) in [6.45, 7) is 0.300. The molecule has 4 N–H and O–H groups in total. The molecule has 0 radical (unpaired) electrons. The van der Waals surface area contributed by atoms with Gasteiger partial charge in [0, 0.05) is 6.54 Å². The van der Waals surface area contributed by atoms with Gasteiger partial charge in [-0.3, -0.25) is 4.79 Å². The van der Waals surface area contributed by atoms with Crippen molar-refractivity contribution in [2.75, 3.05) is 13.2 Å². The Kier molecular flexibility index (Phi) is 4.90. The molecular formula is C14H20N2O3. The van der Waals surface area contributed by atoms with Crippen LogP contribution in [0.2, 0.25) is 0 Å². The molecule has 0 bridgehead atoms. The maximum Gasteiger partial charge on any atom is 0.249 e. The molecule has 5 heteroatoms. The lowest BCUT2D eigenvalue weighted by Crippen LogP contribution is -2.39. The Morgan fingerprint density at radius 3 is 2.74 bits per heavy atom. The molecule has 5 nitrogen and oxygen atoms in total. The quantitative estimate of drug-likeness (QED) is 0.716. The van der Waals surface area contributed by atoms with Crippen molar-refractivity contribution in [2.24, 2.45) is 5.73 Å². The topological polar surface area (TPSA) is 84.6 Å². The highest BCUT2D eigenvalue weighted by atomic mass is 16.5. The molecule has 1 aliphatic heterocycles. The van der Waals surface area contributed by atoms with Crippen LogP contribution >= 0.6 is 0 Å². The fourth-order valence-electron chi connectivity index (χ4n) is 2.26. The molecule has 1 amide bonds. The van der Waals surface area contributed by atoms with Crippen LogP contribution in [0.15, 0.2) is 30.3 Å². The minimum absolute atomic E-state index is 0.0277. The van der Waals surface area contributed by atoms with E-state index in [0.29, 0.717) is 13.0 Å². The van der Waals surface area contributed by atoms with E-state index in [-0.39, 0.29) is 18.6 Å². The number of aliphatic hydroxyl groups excluding tert-OH is 1. The zero-order valence-electron chi connectivity index (χ0n) is 10.8. The van der Waals surface area contributed by atoms with Crippen molar-refractivity contribution in [3.63, 3.8) is 0 Å². The van der Waals surface area contributed by atoms with Gasteiger partial charge in [-0.1, -0.05) is 30.3 Å². The van der Waals surface area contributed by atoms with Gasteiger partial charge in [0.2, 0.25) is 5.91 Å². The third kappa shape index (κ3) is 3.53. The Labute approximate surface area is 112 Å². The lowest BCUT2D eigenvalue weighted by atomic mass is 10.1. The molecule has 0 spiro atoms. The zero-order valence-corrected chi connectivity index (χ0v) is 10.8. The Morgan fingerprint density at radius 2 is 2.16 bits per heavy atom. The van der Waals surface area contributed by atoms with Crippen molar-refractivity contribution >= 4 is 5.91 Å². The Balaban J connectivity index is 1.94. The smallest absolute Gasteiger partial charge is 0.249 e. The number of hydrogen-bond donors (Lipinski definition) is 3. The number of nitrogens with two attached hydrogens (primary N) is 1. The van der Waals surface area contributed by atoms with Crippen molar-refractivity contribution in [3.8, 4) is 0 Å². The average molecular weight is 264 g/mol. The number of benzene rings is 1. The monoisotopic (exact) mass is 264 g/mol. The standard InChI is InChI=1S/C14H20N2O3/c15-8-11-6-7-13(19-11)14(18)16-12(9-17)10-4-2-1-3-5-10/h1-5,11-13,17H,6-9,15H2,(H,16,18)/t11?,12-,13?/m1/s1. The highest BCUT2D eigenvalue weighted by molar-refractivity contribution is 5.81. The summed E-state index contributed by atoms with van der Waals surface area (Å²) in [6, 6.07) is 9.00. The number of rotatable bonds is 5. The Hall–Kier alpha value is -1.43. The second-order valence-electron chi connectivity index (χ2n) is 4.71. The van der Waals surface area contributed by atoms with Gasteiger partial charge in [-0.15, -0.1) is 0 Å². The largest absolute Gasteiger partial charge is 0.394 e. The van der Waals surface area contributed by atoms with Crippen molar-refractivity contribution in [1.29, 1.82) is 0 Å². The van der Waals surface area contributed by atoms with Crippen LogP contribution in [-0.2, 0) is 9.53 Å². The maximum absolute atomic E-state index is 12.1. The molecule has 1 saturated heterocycles. The normalized spacial score (nSPS) is 24.1. The van der Waals surface area contributed by atoms with Crippen LogP contribution in [0.5, 0.6) is 0 Å². The molecule has 1 aromatic rings. The summed E-state index contributed by atoms with van der Waals surface area (Å²) >= 11 is 0. The van der Waals surface area contributed by atoms with Crippen molar-refractivity contribution in [2.45, 2.75) is 31.1 Å². The van der Waals surface area contributed by atoms with Gasteiger partial charge in [0.15, 0.2) is 0 Å².